The van der Waals surface area contributed by atoms with Crippen molar-refractivity contribution in [3.05, 3.63) is 12.2 Å². The lowest BCUT2D eigenvalue weighted by molar-refractivity contribution is 0.413. The van der Waals surface area contributed by atoms with E-state index in [0.717, 1.165) is 17.8 Å². The van der Waals surface area contributed by atoms with Gasteiger partial charge < -0.3 is 5.32 Å². The van der Waals surface area contributed by atoms with Gasteiger partial charge in [0.25, 0.3) is 0 Å². The maximum absolute atomic E-state index is 3.58. The quantitative estimate of drug-likeness (QED) is 0.505. The van der Waals surface area contributed by atoms with E-state index in [9.17, 15) is 0 Å². The zero-order chi connectivity index (χ0) is 9.10. The minimum atomic E-state index is 0.916. The number of rotatable bonds is 5. The smallest absolute Gasteiger partial charge is 0.00147 e. The first-order valence-electron chi connectivity index (χ1n) is 5.79. The predicted octanol–water partition coefficient (Wildman–Crippen LogP) is 2.59. The molecular formula is C12H21N. The van der Waals surface area contributed by atoms with Crippen LogP contribution in [0.5, 0.6) is 0 Å². The van der Waals surface area contributed by atoms with Gasteiger partial charge >= 0.3 is 0 Å². The van der Waals surface area contributed by atoms with Crippen LogP contribution in [0.3, 0.4) is 0 Å². The van der Waals surface area contributed by atoms with Crippen LogP contribution in [0.2, 0.25) is 0 Å². The molecule has 3 atom stereocenters. The first kappa shape index (κ1) is 9.26. The number of hydrogen-bond acceptors (Lipinski definition) is 1. The van der Waals surface area contributed by atoms with Gasteiger partial charge in [0.2, 0.25) is 0 Å². The van der Waals surface area contributed by atoms with Crippen molar-refractivity contribution in [2.24, 2.45) is 17.8 Å². The Balaban J connectivity index is 1.64. The third-order valence-corrected chi connectivity index (χ3v) is 3.53. The molecule has 13 heavy (non-hydrogen) atoms. The topological polar surface area (TPSA) is 12.0 Å². The van der Waals surface area contributed by atoms with Crippen molar-refractivity contribution in [1.82, 2.24) is 5.32 Å². The molecule has 1 fully saturated rings. The van der Waals surface area contributed by atoms with E-state index in [2.05, 4.69) is 24.4 Å². The minimum absolute atomic E-state index is 0.916. The molecule has 2 rings (SSSR count). The summed E-state index contributed by atoms with van der Waals surface area (Å²) in [6.07, 6.45) is 10.4. The number of hydrogen-bond donors (Lipinski definition) is 1. The molecule has 74 valence electrons. The van der Waals surface area contributed by atoms with Gasteiger partial charge in [0.05, 0.1) is 0 Å². The van der Waals surface area contributed by atoms with Crippen molar-refractivity contribution < 1.29 is 0 Å². The molecule has 1 nitrogen and oxygen atoms in total. The highest BCUT2D eigenvalue weighted by atomic mass is 14.9. The fourth-order valence-corrected chi connectivity index (χ4v) is 2.72. The summed E-state index contributed by atoms with van der Waals surface area (Å²) in [6, 6.07) is 0. The largest absolute Gasteiger partial charge is 0.316 e. The standard InChI is InChI=1S/C12H21N/c1-2-3-6-13-9-12-8-10-4-5-11(12)7-10/h4-5,10-13H,2-3,6-9H2,1H3/t10-,11+,12+/m1/s1. The van der Waals surface area contributed by atoms with E-state index in [1.165, 1.54) is 38.8 Å². The summed E-state index contributed by atoms with van der Waals surface area (Å²) in [5.41, 5.74) is 0. The highest BCUT2D eigenvalue weighted by Gasteiger charge is 2.34. The van der Waals surface area contributed by atoms with E-state index >= 15 is 0 Å². The van der Waals surface area contributed by atoms with Gasteiger partial charge in [0.1, 0.15) is 0 Å². The van der Waals surface area contributed by atoms with Crippen molar-refractivity contribution >= 4 is 0 Å². The monoisotopic (exact) mass is 179 g/mol. The fourth-order valence-electron chi connectivity index (χ4n) is 2.72. The van der Waals surface area contributed by atoms with Crippen LogP contribution in [0.15, 0.2) is 12.2 Å². The lowest BCUT2D eigenvalue weighted by Gasteiger charge is -2.18. The number of fused-ring (bicyclic) bond motifs is 2. The molecule has 0 aromatic carbocycles. The minimum Gasteiger partial charge on any atom is -0.316 e. The van der Waals surface area contributed by atoms with Crippen LogP contribution in [0.4, 0.5) is 0 Å². The summed E-state index contributed by atoms with van der Waals surface area (Å²) in [5.74, 6) is 2.80. The van der Waals surface area contributed by atoms with Gasteiger partial charge in [-0.05, 0) is 50.1 Å². The first-order valence-corrected chi connectivity index (χ1v) is 5.79. The highest BCUT2D eigenvalue weighted by Crippen LogP contribution is 2.42. The number of unbranched alkanes of at least 4 members (excludes halogenated alkanes) is 1. The van der Waals surface area contributed by atoms with Crippen molar-refractivity contribution in [2.45, 2.75) is 32.6 Å². The molecule has 0 saturated heterocycles. The SMILES string of the molecule is CCCCNC[C@@H]1C[C@@H]2C=C[C@H]1C2. The summed E-state index contributed by atoms with van der Waals surface area (Å²) in [7, 11) is 0. The Hall–Kier alpha value is -0.300. The normalized spacial score (nSPS) is 35.9. The molecule has 0 spiro atoms. The van der Waals surface area contributed by atoms with E-state index in [1.54, 1.807) is 0 Å². The van der Waals surface area contributed by atoms with E-state index in [-0.39, 0.29) is 0 Å². The summed E-state index contributed by atoms with van der Waals surface area (Å²) < 4.78 is 0. The van der Waals surface area contributed by atoms with E-state index < -0.39 is 0 Å². The van der Waals surface area contributed by atoms with Crippen LogP contribution in [-0.4, -0.2) is 13.1 Å². The molecule has 1 saturated carbocycles. The van der Waals surface area contributed by atoms with Crippen LogP contribution >= 0.6 is 0 Å². The lowest BCUT2D eigenvalue weighted by atomic mass is 9.94. The van der Waals surface area contributed by atoms with Crippen molar-refractivity contribution in [2.75, 3.05) is 13.1 Å². The second kappa shape index (κ2) is 4.28. The Morgan fingerprint density at radius 1 is 1.31 bits per heavy atom. The maximum atomic E-state index is 3.58. The van der Waals surface area contributed by atoms with E-state index in [4.69, 9.17) is 0 Å². The van der Waals surface area contributed by atoms with Crippen molar-refractivity contribution in [3.8, 4) is 0 Å². The summed E-state index contributed by atoms with van der Waals surface area (Å²) in [4.78, 5) is 0. The third kappa shape index (κ3) is 2.14. The molecule has 0 aromatic rings. The second-order valence-corrected chi connectivity index (χ2v) is 4.60. The molecule has 1 heteroatoms. The van der Waals surface area contributed by atoms with Crippen LogP contribution in [0, 0.1) is 17.8 Å². The molecule has 0 radical (unpaired) electrons. The van der Waals surface area contributed by atoms with Gasteiger partial charge in [-0.15, -0.1) is 0 Å². The Morgan fingerprint density at radius 2 is 2.23 bits per heavy atom. The van der Waals surface area contributed by atoms with Crippen LogP contribution < -0.4 is 5.32 Å². The van der Waals surface area contributed by atoms with Gasteiger partial charge in [0, 0.05) is 0 Å². The van der Waals surface area contributed by atoms with Gasteiger partial charge in [0.15, 0.2) is 0 Å². The molecule has 1 N–H and O–H groups in total. The summed E-state index contributed by atoms with van der Waals surface area (Å²) >= 11 is 0. The Bertz CT molecular complexity index is 186. The van der Waals surface area contributed by atoms with Crippen LogP contribution in [0.25, 0.3) is 0 Å². The molecule has 0 unspecified atom stereocenters. The van der Waals surface area contributed by atoms with Gasteiger partial charge in [-0.3, -0.25) is 0 Å². The van der Waals surface area contributed by atoms with Crippen molar-refractivity contribution in [3.63, 3.8) is 0 Å². The highest BCUT2D eigenvalue weighted by molar-refractivity contribution is 5.10. The van der Waals surface area contributed by atoms with Crippen LogP contribution in [-0.2, 0) is 0 Å². The summed E-state index contributed by atoms with van der Waals surface area (Å²) in [5, 5.41) is 3.58. The molecule has 0 aromatic heterocycles. The summed E-state index contributed by atoms with van der Waals surface area (Å²) in [6.45, 7) is 4.72. The molecule has 0 aliphatic heterocycles. The van der Waals surface area contributed by atoms with Gasteiger partial charge in [-0.25, -0.2) is 0 Å². The average molecular weight is 179 g/mol. The zero-order valence-corrected chi connectivity index (χ0v) is 8.63. The molecule has 2 aliphatic rings. The Kier molecular flexibility index (Phi) is 3.05. The lowest BCUT2D eigenvalue weighted by Crippen LogP contribution is -2.26. The zero-order valence-electron chi connectivity index (χ0n) is 8.63. The average Bonchev–Trinajstić information content (AvgIpc) is 2.73. The maximum Gasteiger partial charge on any atom is -0.00147 e. The van der Waals surface area contributed by atoms with E-state index in [0.29, 0.717) is 0 Å². The fraction of sp³-hybridized carbons (Fsp3) is 0.833. The van der Waals surface area contributed by atoms with Crippen LogP contribution in [0.1, 0.15) is 32.6 Å². The predicted molar refractivity (Wildman–Crippen MR) is 56.6 cm³/mol. The van der Waals surface area contributed by atoms with E-state index in [1.807, 2.05) is 0 Å². The number of allylic oxidation sites excluding steroid dienone is 2. The molecule has 0 amide bonds. The Morgan fingerprint density at radius 3 is 2.85 bits per heavy atom. The molecule has 2 bridgehead atoms. The molecular weight excluding hydrogens is 158 g/mol. The molecule has 0 heterocycles. The second-order valence-electron chi connectivity index (χ2n) is 4.60. The van der Waals surface area contributed by atoms with Gasteiger partial charge in [-0.2, -0.15) is 0 Å². The first-order chi connectivity index (χ1) is 6.40. The number of nitrogens with one attached hydrogen (secondary N) is 1. The third-order valence-electron chi connectivity index (χ3n) is 3.53. The van der Waals surface area contributed by atoms with Gasteiger partial charge in [-0.1, -0.05) is 25.5 Å². The van der Waals surface area contributed by atoms with Crippen molar-refractivity contribution in [1.29, 1.82) is 0 Å². The molecule has 2 aliphatic carbocycles. The Labute approximate surface area is 81.6 Å².